The van der Waals surface area contributed by atoms with E-state index in [-0.39, 0.29) is 6.10 Å². The van der Waals surface area contributed by atoms with Crippen LogP contribution in [-0.4, -0.2) is 36.5 Å². The molecule has 1 aromatic carbocycles. The van der Waals surface area contributed by atoms with Crippen molar-refractivity contribution in [3.8, 4) is 5.75 Å². The van der Waals surface area contributed by atoms with E-state index in [1.807, 2.05) is 0 Å². The minimum Gasteiger partial charge on any atom is -0.488 e. The fraction of sp³-hybridized carbons (Fsp3) is 0.455. The van der Waals surface area contributed by atoms with Crippen LogP contribution in [0.5, 0.6) is 5.75 Å². The molecule has 0 aliphatic carbocycles. The Labute approximate surface area is 95.0 Å². The Kier molecular flexibility index (Phi) is 3.82. The quantitative estimate of drug-likeness (QED) is 0.702. The van der Waals surface area contributed by atoms with Gasteiger partial charge in [-0.05, 0) is 30.4 Å². The maximum atomic E-state index is 9.03. The molecular formula is C11H15BO4. The van der Waals surface area contributed by atoms with Crippen molar-refractivity contribution in [3.63, 3.8) is 0 Å². The lowest BCUT2D eigenvalue weighted by Crippen LogP contribution is -2.31. The van der Waals surface area contributed by atoms with Crippen molar-refractivity contribution < 1.29 is 19.5 Å². The first-order valence-corrected chi connectivity index (χ1v) is 5.46. The van der Waals surface area contributed by atoms with Crippen molar-refractivity contribution in [2.45, 2.75) is 18.9 Å². The van der Waals surface area contributed by atoms with Crippen LogP contribution in [0, 0.1) is 0 Å². The minimum absolute atomic E-state index is 0.0693. The summed E-state index contributed by atoms with van der Waals surface area (Å²) in [6.45, 7) is 1.40. The summed E-state index contributed by atoms with van der Waals surface area (Å²) >= 11 is 0. The Morgan fingerprint density at radius 1 is 1.38 bits per heavy atom. The van der Waals surface area contributed by atoms with Gasteiger partial charge in [-0.1, -0.05) is 12.1 Å². The van der Waals surface area contributed by atoms with Crippen LogP contribution in [0.3, 0.4) is 0 Å². The molecule has 4 nitrogen and oxygen atoms in total. The lowest BCUT2D eigenvalue weighted by Gasteiger charge is -2.23. The summed E-state index contributed by atoms with van der Waals surface area (Å²) in [4.78, 5) is 0. The molecule has 0 bridgehead atoms. The molecule has 0 spiro atoms. The zero-order chi connectivity index (χ0) is 11.4. The third-order valence-corrected chi connectivity index (χ3v) is 2.58. The van der Waals surface area contributed by atoms with Crippen molar-refractivity contribution in [3.05, 3.63) is 24.3 Å². The highest BCUT2D eigenvalue weighted by atomic mass is 16.5. The first kappa shape index (κ1) is 11.5. The molecule has 1 fully saturated rings. The van der Waals surface area contributed by atoms with Crippen LogP contribution >= 0.6 is 0 Å². The normalized spacial score (nSPS) is 20.5. The molecule has 0 saturated carbocycles. The van der Waals surface area contributed by atoms with Gasteiger partial charge < -0.3 is 19.5 Å². The molecule has 1 aliphatic heterocycles. The maximum Gasteiger partial charge on any atom is 0.488 e. The zero-order valence-corrected chi connectivity index (χ0v) is 9.00. The van der Waals surface area contributed by atoms with E-state index in [2.05, 4.69) is 0 Å². The predicted octanol–water partition coefficient (Wildman–Crippen LogP) is -0.0758. The Hall–Kier alpha value is -1.04. The molecule has 1 aliphatic rings. The lowest BCUT2D eigenvalue weighted by molar-refractivity contribution is 0.00746. The number of rotatable bonds is 3. The van der Waals surface area contributed by atoms with E-state index in [1.165, 1.54) is 0 Å². The SMILES string of the molecule is OB(O)c1cccc(O[C@H]2CCCOC2)c1. The van der Waals surface area contributed by atoms with Gasteiger partial charge in [-0.2, -0.15) is 0 Å². The fourth-order valence-electron chi connectivity index (χ4n) is 1.75. The molecule has 0 aromatic heterocycles. The van der Waals surface area contributed by atoms with Gasteiger partial charge in [-0.15, -0.1) is 0 Å². The Morgan fingerprint density at radius 3 is 2.94 bits per heavy atom. The van der Waals surface area contributed by atoms with E-state index in [1.54, 1.807) is 24.3 Å². The first-order chi connectivity index (χ1) is 7.75. The number of hydrogen-bond donors (Lipinski definition) is 2. The van der Waals surface area contributed by atoms with Crippen LogP contribution in [0.4, 0.5) is 0 Å². The smallest absolute Gasteiger partial charge is 0.488 e. The minimum atomic E-state index is -1.45. The van der Waals surface area contributed by atoms with E-state index in [0.29, 0.717) is 17.8 Å². The van der Waals surface area contributed by atoms with Gasteiger partial charge >= 0.3 is 7.12 Å². The van der Waals surface area contributed by atoms with Crippen molar-refractivity contribution in [2.24, 2.45) is 0 Å². The summed E-state index contributed by atoms with van der Waals surface area (Å²) in [6, 6.07) is 6.84. The predicted molar refractivity (Wildman–Crippen MR) is 60.7 cm³/mol. The summed E-state index contributed by atoms with van der Waals surface area (Å²) in [6.07, 6.45) is 2.05. The molecule has 86 valence electrons. The van der Waals surface area contributed by atoms with E-state index in [4.69, 9.17) is 19.5 Å². The van der Waals surface area contributed by atoms with Crippen LogP contribution in [0.15, 0.2) is 24.3 Å². The largest absolute Gasteiger partial charge is 0.488 e. The van der Waals surface area contributed by atoms with Crippen molar-refractivity contribution in [1.82, 2.24) is 0 Å². The second-order valence-electron chi connectivity index (χ2n) is 3.90. The molecule has 5 heteroatoms. The van der Waals surface area contributed by atoms with E-state index >= 15 is 0 Å². The van der Waals surface area contributed by atoms with Gasteiger partial charge in [0.05, 0.1) is 6.61 Å². The average molecular weight is 222 g/mol. The summed E-state index contributed by atoms with van der Waals surface area (Å²) in [5.41, 5.74) is 0.439. The maximum absolute atomic E-state index is 9.03. The molecule has 16 heavy (non-hydrogen) atoms. The zero-order valence-electron chi connectivity index (χ0n) is 9.00. The van der Waals surface area contributed by atoms with E-state index in [0.717, 1.165) is 19.4 Å². The molecule has 2 N–H and O–H groups in total. The molecule has 1 atom stereocenters. The highest BCUT2D eigenvalue weighted by Gasteiger charge is 2.16. The van der Waals surface area contributed by atoms with Gasteiger partial charge in [-0.3, -0.25) is 0 Å². The topological polar surface area (TPSA) is 58.9 Å². The lowest BCUT2D eigenvalue weighted by atomic mass is 9.80. The summed E-state index contributed by atoms with van der Waals surface area (Å²) < 4.78 is 11.0. The van der Waals surface area contributed by atoms with Gasteiger partial charge in [0.1, 0.15) is 11.9 Å². The fourth-order valence-corrected chi connectivity index (χ4v) is 1.75. The third-order valence-electron chi connectivity index (χ3n) is 2.58. The molecule has 1 saturated heterocycles. The Balaban J connectivity index is 2.00. The van der Waals surface area contributed by atoms with Crippen molar-refractivity contribution in [2.75, 3.05) is 13.2 Å². The van der Waals surface area contributed by atoms with Gasteiger partial charge in [0.15, 0.2) is 0 Å². The second kappa shape index (κ2) is 5.34. The summed E-state index contributed by atoms with van der Waals surface area (Å²) in [5.74, 6) is 0.654. The Morgan fingerprint density at radius 2 is 2.25 bits per heavy atom. The van der Waals surface area contributed by atoms with E-state index < -0.39 is 7.12 Å². The number of benzene rings is 1. The van der Waals surface area contributed by atoms with Crippen LogP contribution in [0.1, 0.15) is 12.8 Å². The Bertz CT molecular complexity index is 337. The van der Waals surface area contributed by atoms with Gasteiger partial charge in [0, 0.05) is 6.61 Å². The van der Waals surface area contributed by atoms with Gasteiger partial charge in [0.25, 0.3) is 0 Å². The van der Waals surface area contributed by atoms with Crippen LogP contribution in [0.25, 0.3) is 0 Å². The highest BCUT2D eigenvalue weighted by Crippen LogP contribution is 2.15. The molecule has 0 amide bonds. The number of ether oxygens (including phenoxy) is 2. The molecule has 0 unspecified atom stereocenters. The summed E-state index contributed by atoms with van der Waals surface area (Å²) in [7, 11) is -1.45. The van der Waals surface area contributed by atoms with E-state index in [9.17, 15) is 0 Å². The standard InChI is InChI=1S/C11H15BO4/c13-12(14)9-3-1-4-10(7-9)16-11-5-2-6-15-8-11/h1,3-4,7,11,13-14H,2,5-6,8H2/t11-/m0/s1. The third kappa shape index (κ3) is 2.98. The number of hydrogen-bond acceptors (Lipinski definition) is 4. The molecular weight excluding hydrogens is 207 g/mol. The molecule has 1 aromatic rings. The van der Waals surface area contributed by atoms with Gasteiger partial charge in [-0.25, -0.2) is 0 Å². The highest BCUT2D eigenvalue weighted by molar-refractivity contribution is 6.58. The van der Waals surface area contributed by atoms with Crippen molar-refractivity contribution in [1.29, 1.82) is 0 Å². The van der Waals surface area contributed by atoms with Crippen molar-refractivity contribution >= 4 is 12.6 Å². The van der Waals surface area contributed by atoms with Crippen LogP contribution < -0.4 is 10.2 Å². The molecule has 1 heterocycles. The average Bonchev–Trinajstić information content (AvgIpc) is 2.30. The first-order valence-electron chi connectivity index (χ1n) is 5.46. The molecule has 2 rings (SSSR count). The summed E-state index contributed by atoms with van der Waals surface area (Å²) in [5, 5.41) is 18.1. The van der Waals surface area contributed by atoms with Crippen LogP contribution in [0.2, 0.25) is 0 Å². The monoisotopic (exact) mass is 222 g/mol. The van der Waals surface area contributed by atoms with Gasteiger partial charge in [0.2, 0.25) is 0 Å². The van der Waals surface area contributed by atoms with Crippen LogP contribution in [-0.2, 0) is 4.74 Å². The second-order valence-corrected chi connectivity index (χ2v) is 3.90. The molecule has 0 radical (unpaired) electrons.